The number of hydrogen-bond donors (Lipinski definition) is 2. The van der Waals surface area contributed by atoms with E-state index < -0.39 is 0 Å². The van der Waals surface area contributed by atoms with Crippen molar-refractivity contribution in [3.8, 4) is 0 Å². The van der Waals surface area contributed by atoms with Crippen molar-refractivity contribution >= 4 is 0 Å². The van der Waals surface area contributed by atoms with Crippen LogP contribution in [0.3, 0.4) is 0 Å². The van der Waals surface area contributed by atoms with Gasteiger partial charge in [0, 0.05) is 12.6 Å². The Morgan fingerprint density at radius 3 is 2.38 bits per heavy atom. The van der Waals surface area contributed by atoms with Gasteiger partial charge in [0.15, 0.2) is 0 Å². The van der Waals surface area contributed by atoms with Crippen LogP contribution in [0.4, 0.5) is 0 Å². The van der Waals surface area contributed by atoms with Gasteiger partial charge in [0.2, 0.25) is 0 Å². The van der Waals surface area contributed by atoms with E-state index in [4.69, 9.17) is 10.8 Å². The molecule has 0 spiro atoms. The third-order valence-electron chi connectivity index (χ3n) is 4.11. The second-order valence-corrected chi connectivity index (χ2v) is 4.86. The zero-order valence-corrected chi connectivity index (χ0v) is 8.28. The van der Waals surface area contributed by atoms with Crippen LogP contribution in [-0.2, 0) is 0 Å². The Kier molecular flexibility index (Phi) is 2.89. The number of aliphatic hydroxyl groups excluding tert-OH is 1. The Bertz CT molecular complexity index is 163. The number of rotatable bonds is 3. The molecule has 2 atom stereocenters. The molecule has 2 unspecified atom stereocenters. The molecule has 0 saturated heterocycles. The molecule has 3 rings (SSSR count). The van der Waals surface area contributed by atoms with E-state index in [0.29, 0.717) is 0 Å². The lowest BCUT2D eigenvalue weighted by atomic mass is 9.62. The maximum atomic E-state index is 8.86. The molecule has 0 heterocycles. The van der Waals surface area contributed by atoms with Crippen molar-refractivity contribution in [3.05, 3.63) is 0 Å². The maximum Gasteiger partial charge on any atom is 0.0445 e. The Labute approximate surface area is 80.5 Å². The predicted octanol–water partition coefficient (Wildman–Crippen LogP) is 1.52. The van der Waals surface area contributed by atoms with Crippen molar-refractivity contribution in [3.63, 3.8) is 0 Å². The standard InChI is InChI=1S/C11H21NO/c12-11(5-6-13)10-7-8-1-3-9(10)4-2-8/h8-11,13H,1-7,12H2. The molecule has 13 heavy (non-hydrogen) atoms. The van der Waals surface area contributed by atoms with Gasteiger partial charge in [-0.15, -0.1) is 0 Å². The molecule has 2 nitrogen and oxygen atoms in total. The Morgan fingerprint density at radius 2 is 1.92 bits per heavy atom. The zero-order valence-electron chi connectivity index (χ0n) is 8.28. The van der Waals surface area contributed by atoms with Crippen LogP contribution in [0.1, 0.15) is 38.5 Å². The first-order valence-corrected chi connectivity index (χ1v) is 5.67. The minimum absolute atomic E-state index is 0.259. The number of hydrogen-bond acceptors (Lipinski definition) is 2. The fourth-order valence-electron chi connectivity index (χ4n) is 3.32. The van der Waals surface area contributed by atoms with Crippen LogP contribution in [0, 0.1) is 17.8 Å². The molecule has 2 bridgehead atoms. The van der Waals surface area contributed by atoms with E-state index in [2.05, 4.69) is 0 Å². The highest BCUT2D eigenvalue weighted by Crippen LogP contribution is 2.46. The lowest BCUT2D eigenvalue weighted by molar-refractivity contribution is 0.0735. The van der Waals surface area contributed by atoms with Crippen LogP contribution in [0.5, 0.6) is 0 Å². The monoisotopic (exact) mass is 183 g/mol. The highest BCUT2D eigenvalue weighted by molar-refractivity contribution is 4.90. The zero-order chi connectivity index (χ0) is 9.26. The molecule has 3 fully saturated rings. The van der Waals surface area contributed by atoms with Gasteiger partial charge in [-0.2, -0.15) is 0 Å². The summed E-state index contributed by atoms with van der Waals surface area (Å²) in [7, 11) is 0. The van der Waals surface area contributed by atoms with E-state index >= 15 is 0 Å². The van der Waals surface area contributed by atoms with Gasteiger partial charge in [-0.3, -0.25) is 0 Å². The predicted molar refractivity (Wildman–Crippen MR) is 53.2 cm³/mol. The molecule has 0 radical (unpaired) electrons. The molecule has 0 aromatic carbocycles. The smallest absolute Gasteiger partial charge is 0.0445 e. The highest BCUT2D eigenvalue weighted by Gasteiger charge is 2.37. The first-order valence-electron chi connectivity index (χ1n) is 5.67. The SMILES string of the molecule is NC(CCO)C1CC2CCC1CC2. The van der Waals surface area contributed by atoms with Crippen molar-refractivity contribution in [2.75, 3.05) is 6.61 Å². The van der Waals surface area contributed by atoms with Crippen molar-refractivity contribution < 1.29 is 5.11 Å². The molecule has 0 amide bonds. The minimum atomic E-state index is 0.259. The van der Waals surface area contributed by atoms with Crippen LogP contribution in [0.2, 0.25) is 0 Å². The van der Waals surface area contributed by atoms with Gasteiger partial charge < -0.3 is 10.8 Å². The summed E-state index contributed by atoms with van der Waals surface area (Å²) in [5.41, 5.74) is 6.09. The lowest BCUT2D eigenvalue weighted by Crippen LogP contribution is -2.42. The number of nitrogens with two attached hydrogens (primary N) is 1. The van der Waals surface area contributed by atoms with E-state index in [9.17, 15) is 0 Å². The van der Waals surface area contributed by atoms with Crippen molar-refractivity contribution in [2.45, 2.75) is 44.6 Å². The summed E-state index contributed by atoms with van der Waals surface area (Å²) in [4.78, 5) is 0. The molecular formula is C11H21NO. The minimum Gasteiger partial charge on any atom is -0.396 e. The van der Waals surface area contributed by atoms with Crippen LogP contribution in [0.25, 0.3) is 0 Å². The summed E-state index contributed by atoms with van der Waals surface area (Å²) in [6.07, 6.45) is 7.81. The van der Waals surface area contributed by atoms with Crippen LogP contribution < -0.4 is 5.73 Å². The highest BCUT2D eigenvalue weighted by atomic mass is 16.3. The van der Waals surface area contributed by atoms with E-state index in [0.717, 1.165) is 24.2 Å². The molecular weight excluding hydrogens is 162 g/mol. The lowest BCUT2D eigenvalue weighted by Gasteiger charge is -2.44. The van der Waals surface area contributed by atoms with Crippen LogP contribution in [0.15, 0.2) is 0 Å². The molecule has 3 aliphatic carbocycles. The number of aliphatic hydroxyl groups is 1. The normalized spacial score (nSPS) is 40.6. The molecule has 2 heteroatoms. The molecule has 0 aromatic rings. The van der Waals surface area contributed by atoms with Gasteiger partial charge in [-0.05, 0) is 43.4 Å². The maximum absolute atomic E-state index is 8.86. The van der Waals surface area contributed by atoms with Crippen molar-refractivity contribution in [2.24, 2.45) is 23.5 Å². The van der Waals surface area contributed by atoms with E-state index in [-0.39, 0.29) is 12.6 Å². The average Bonchev–Trinajstić information content (AvgIpc) is 2.20. The average molecular weight is 183 g/mol. The summed E-state index contributed by atoms with van der Waals surface area (Å²) in [6, 6.07) is 0.262. The first kappa shape index (κ1) is 9.47. The summed E-state index contributed by atoms with van der Waals surface area (Å²) >= 11 is 0. The van der Waals surface area contributed by atoms with E-state index in [1.807, 2.05) is 0 Å². The topological polar surface area (TPSA) is 46.2 Å². The molecule has 76 valence electrons. The second-order valence-electron chi connectivity index (χ2n) is 4.86. The van der Waals surface area contributed by atoms with Crippen molar-refractivity contribution in [1.29, 1.82) is 0 Å². The molecule has 0 aliphatic heterocycles. The van der Waals surface area contributed by atoms with Crippen LogP contribution >= 0.6 is 0 Å². The molecule has 3 saturated carbocycles. The van der Waals surface area contributed by atoms with E-state index in [1.54, 1.807) is 0 Å². The fraction of sp³-hybridized carbons (Fsp3) is 1.00. The van der Waals surface area contributed by atoms with Gasteiger partial charge in [0.25, 0.3) is 0 Å². The Hall–Kier alpha value is -0.0800. The van der Waals surface area contributed by atoms with Gasteiger partial charge in [-0.25, -0.2) is 0 Å². The Morgan fingerprint density at radius 1 is 1.23 bits per heavy atom. The molecule has 3 N–H and O–H groups in total. The van der Waals surface area contributed by atoms with Gasteiger partial charge in [0.1, 0.15) is 0 Å². The molecule has 3 aliphatic rings. The Balaban J connectivity index is 1.92. The number of fused-ring (bicyclic) bond motifs is 3. The second kappa shape index (κ2) is 3.97. The summed E-state index contributed by atoms with van der Waals surface area (Å²) < 4.78 is 0. The summed E-state index contributed by atoms with van der Waals surface area (Å²) in [5, 5.41) is 8.86. The van der Waals surface area contributed by atoms with Gasteiger partial charge in [-0.1, -0.05) is 12.8 Å². The fourth-order valence-corrected chi connectivity index (χ4v) is 3.32. The summed E-state index contributed by atoms with van der Waals surface area (Å²) in [6.45, 7) is 0.259. The van der Waals surface area contributed by atoms with Crippen LogP contribution in [-0.4, -0.2) is 17.8 Å². The first-order chi connectivity index (χ1) is 6.31. The third-order valence-corrected chi connectivity index (χ3v) is 4.11. The molecule has 0 aromatic heterocycles. The van der Waals surface area contributed by atoms with Gasteiger partial charge in [0.05, 0.1) is 0 Å². The van der Waals surface area contributed by atoms with Crippen molar-refractivity contribution in [1.82, 2.24) is 0 Å². The third kappa shape index (κ3) is 1.89. The largest absolute Gasteiger partial charge is 0.396 e. The van der Waals surface area contributed by atoms with E-state index in [1.165, 1.54) is 32.1 Å². The summed E-state index contributed by atoms with van der Waals surface area (Å²) in [5.74, 6) is 2.56. The van der Waals surface area contributed by atoms with Gasteiger partial charge >= 0.3 is 0 Å². The quantitative estimate of drug-likeness (QED) is 0.697.